The quantitative estimate of drug-likeness (QED) is 0.121. The Kier molecular flexibility index (Phi) is 47.2. The summed E-state index contributed by atoms with van der Waals surface area (Å²) in [7, 11) is 34.6. The average molecular weight is 1120 g/mol. The van der Waals surface area contributed by atoms with Crippen molar-refractivity contribution in [2.75, 3.05) is 80.5 Å². The Labute approximate surface area is 460 Å². The number of aliphatic hydroxyl groups excluding tert-OH is 1. The number of hydrogen-bond acceptors (Lipinski definition) is 19. The van der Waals surface area contributed by atoms with E-state index in [-0.39, 0.29) is 85.6 Å². The number of likely N-dealkylation sites (tertiary alicyclic amines) is 1. The number of urea groups is 1. The molecular weight excluding hydrogens is 1060 g/mol. The number of imide groups is 2. The van der Waals surface area contributed by atoms with E-state index in [4.69, 9.17) is 54.2 Å². The molecule has 0 spiro atoms. The summed E-state index contributed by atoms with van der Waals surface area (Å²) in [6, 6.07) is 18.5. The van der Waals surface area contributed by atoms with E-state index in [0.717, 1.165) is 20.9 Å². The monoisotopic (exact) mass is 1120 g/mol. The second-order valence-electron chi connectivity index (χ2n) is 15.5. The average Bonchev–Trinajstić information content (AvgIpc) is 3.83. The van der Waals surface area contributed by atoms with Crippen LogP contribution in [-0.2, 0) is 76.6 Å². The molecular formula is C43H60B8N3O20P3. The van der Waals surface area contributed by atoms with Gasteiger partial charge in [0, 0.05) is 73.0 Å². The molecule has 2 aliphatic heterocycles. The first-order chi connectivity index (χ1) is 35.3. The minimum Gasteiger partial charge on any atom is -0.490 e. The van der Waals surface area contributed by atoms with Crippen molar-refractivity contribution in [3.05, 3.63) is 71.8 Å². The predicted molar refractivity (Wildman–Crippen MR) is 295 cm³/mol. The number of carbonyl (C=O) groups excluding carboxylic acids is 10. The number of amides is 5. The number of rotatable bonds is 16. The second kappa shape index (κ2) is 44.9. The van der Waals surface area contributed by atoms with Gasteiger partial charge in [-0.3, -0.25) is 38.1 Å². The molecule has 2 aromatic carbocycles. The number of carbonyl (C=O) groups is 11. The number of carboxylic acid groups (broad SMARTS) is 1. The van der Waals surface area contributed by atoms with Gasteiger partial charge in [-0.2, -0.15) is 0 Å². The molecule has 34 heteroatoms. The molecule has 5 amide bonds. The molecule has 16 radical (unpaired) electrons. The fourth-order valence-corrected chi connectivity index (χ4v) is 6.62. The van der Waals surface area contributed by atoms with Gasteiger partial charge in [0.15, 0.2) is 52.9 Å². The van der Waals surface area contributed by atoms with Crippen LogP contribution in [0.5, 0.6) is 0 Å². The van der Waals surface area contributed by atoms with Crippen molar-refractivity contribution in [1.29, 1.82) is 0 Å². The van der Waals surface area contributed by atoms with E-state index in [1.807, 2.05) is 60.7 Å². The Morgan fingerprint density at radius 1 is 0.649 bits per heavy atom. The summed E-state index contributed by atoms with van der Waals surface area (Å²) in [6.45, 7) is 7.23. The standard InChI is InChI=1S/C11H11BN2O2.C10H11BO2.C6H6BNO3.C4H8BO4P.C4H8BO2P.C3H9O3P.2C2H3BO.CHBO2/c12-10(15)14-9(7-13-11(14)16)6-8-4-2-1-3-5-8;11-10(13)6-9(7-12)8-4-2-1-3-5-8;7-4(9)3-8-5(10)1-2-6(8)11;1-8-10(7,9-2)3-4(5)6;1-8(2,7)3-4(5)6;1-5-7(3,4)6-2;2*1-2(3)4;2-1(3)4/h1-5,9H,6-7H2,(H,13,16);1-5,9,12H,6-7H2;1-3H2;3H2,1-2H3;3H2,1-2H3;1-3H3;2*1H3;(H,3,4)/t2*9-;;;;;;;/m00......./s1. The highest BCUT2D eigenvalue weighted by Crippen LogP contribution is 2.45. The Hall–Kier alpha value is -4.98. The van der Waals surface area contributed by atoms with Gasteiger partial charge < -0.3 is 67.0 Å². The van der Waals surface area contributed by atoms with Crippen LogP contribution in [0.3, 0.4) is 0 Å². The smallest absolute Gasteiger partial charge is 0.336 e. The Morgan fingerprint density at radius 3 is 1.30 bits per heavy atom. The summed E-state index contributed by atoms with van der Waals surface area (Å²) < 4.78 is 49.9. The van der Waals surface area contributed by atoms with Crippen LogP contribution < -0.4 is 5.32 Å². The van der Waals surface area contributed by atoms with Gasteiger partial charge in [0.05, 0.1) is 66.6 Å². The van der Waals surface area contributed by atoms with E-state index >= 15 is 0 Å². The van der Waals surface area contributed by atoms with Crippen molar-refractivity contribution in [2.24, 2.45) is 0 Å². The fraction of sp³-hybridized carbons (Fsp3) is 0.465. The van der Waals surface area contributed by atoms with E-state index in [0.29, 0.717) is 13.0 Å². The van der Waals surface area contributed by atoms with Gasteiger partial charge in [-0.15, -0.1) is 0 Å². The number of hydrogen-bond donors (Lipinski definition) is 3. The van der Waals surface area contributed by atoms with Crippen molar-refractivity contribution in [1.82, 2.24) is 15.1 Å². The highest BCUT2D eigenvalue weighted by atomic mass is 31.2. The molecule has 2 aliphatic rings. The molecule has 2 atom stereocenters. The molecule has 23 nitrogen and oxygen atoms in total. The van der Waals surface area contributed by atoms with Crippen LogP contribution >= 0.6 is 22.3 Å². The van der Waals surface area contributed by atoms with E-state index in [1.165, 1.54) is 62.3 Å². The molecule has 0 bridgehead atoms. The maximum atomic E-state index is 11.3. The molecule has 4 rings (SSSR count). The molecule has 77 heavy (non-hydrogen) atoms. The lowest BCUT2D eigenvalue weighted by Gasteiger charge is -2.19. The Morgan fingerprint density at radius 2 is 1.04 bits per heavy atom. The van der Waals surface area contributed by atoms with Crippen LogP contribution in [-0.4, -0.2) is 233 Å². The van der Waals surface area contributed by atoms with Crippen molar-refractivity contribution in [3.8, 4) is 0 Å². The summed E-state index contributed by atoms with van der Waals surface area (Å²) >= 11 is 0. The third-order valence-electron chi connectivity index (χ3n) is 8.14. The Bertz CT molecular complexity index is 2270. The number of nitrogens with zero attached hydrogens (tertiary/aromatic N) is 2. The zero-order chi connectivity index (χ0) is 61.3. The van der Waals surface area contributed by atoms with E-state index in [1.54, 1.807) is 0 Å². The van der Waals surface area contributed by atoms with E-state index < -0.39 is 57.1 Å². The lowest BCUT2D eigenvalue weighted by atomic mass is 9.88. The van der Waals surface area contributed by atoms with Gasteiger partial charge in [0.2, 0.25) is 33.4 Å². The highest BCUT2D eigenvalue weighted by Gasteiger charge is 2.33. The molecule has 2 aromatic rings. The van der Waals surface area contributed by atoms with Crippen LogP contribution in [0.15, 0.2) is 60.7 Å². The number of benzene rings is 2. The zero-order valence-electron chi connectivity index (χ0n) is 44.4. The summed E-state index contributed by atoms with van der Waals surface area (Å²) in [5, 5.41) is 18.8. The van der Waals surface area contributed by atoms with Gasteiger partial charge >= 0.3 is 21.2 Å². The molecule has 0 saturated carbocycles. The van der Waals surface area contributed by atoms with Crippen LogP contribution in [0.25, 0.3) is 0 Å². The summed E-state index contributed by atoms with van der Waals surface area (Å²) in [5.74, 6) is -2.82. The van der Waals surface area contributed by atoms with Crippen molar-refractivity contribution in [3.63, 3.8) is 0 Å². The molecule has 3 N–H and O–H groups in total. The predicted octanol–water partition coefficient (Wildman–Crippen LogP) is 1.40. The minimum atomic E-state index is -3.21. The number of aliphatic hydroxyl groups is 1. The maximum Gasteiger partial charge on any atom is 0.336 e. The van der Waals surface area contributed by atoms with Gasteiger partial charge in [-0.05, 0) is 44.7 Å². The summed E-state index contributed by atoms with van der Waals surface area (Å²) in [5.41, 5.74) is -0.874. The third-order valence-corrected chi connectivity index (χ3v) is 12.3. The fourth-order valence-electron chi connectivity index (χ4n) is 4.93. The van der Waals surface area contributed by atoms with Gasteiger partial charge in [-0.25, -0.2) is 4.79 Å². The summed E-state index contributed by atoms with van der Waals surface area (Å²) in [4.78, 5) is 115. The van der Waals surface area contributed by atoms with Crippen molar-refractivity contribution >= 4 is 149 Å². The van der Waals surface area contributed by atoms with Gasteiger partial charge in [0.25, 0.3) is 0 Å². The maximum absolute atomic E-state index is 11.3. The topological polar surface area (TPSA) is 335 Å². The van der Waals surface area contributed by atoms with Crippen LogP contribution in [0, 0.1) is 0 Å². The Balaban J connectivity index is -0.000000262. The lowest BCUT2D eigenvalue weighted by Crippen LogP contribution is -2.40. The first kappa shape index (κ1) is 80.9. The molecule has 0 aliphatic carbocycles. The molecule has 2 fully saturated rings. The number of nitrogens with one attached hydrogen (secondary N) is 1. The molecule has 2 heterocycles. The minimum absolute atomic E-state index is 0.0208. The highest BCUT2D eigenvalue weighted by molar-refractivity contribution is 7.63. The molecule has 0 unspecified atom stereocenters. The lowest BCUT2D eigenvalue weighted by molar-refractivity contribution is -0.140. The largest absolute Gasteiger partial charge is 0.490 e. The van der Waals surface area contributed by atoms with Crippen molar-refractivity contribution < 1.29 is 94.7 Å². The van der Waals surface area contributed by atoms with Gasteiger partial charge in [0.1, 0.15) is 0 Å². The second-order valence-corrected chi connectivity index (χ2v) is 23.5. The van der Waals surface area contributed by atoms with Gasteiger partial charge in [-0.1, -0.05) is 60.7 Å². The first-order valence-corrected chi connectivity index (χ1v) is 28.3. The molecule has 406 valence electrons. The molecule has 0 aromatic heterocycles. The molecule has 2 saturated heterocycles. The normalized spacial score (nSPS) is 13.4. The van der Waals surface area contributed by atoms with Crippen LogP contribution in [0.2, 0.25) is 0 Å². The van der Waals surface area contributed by atoms with E-state index in [2.05, 4.69) is 47.0 Å². The summed E-state index contributed by atoms with van der Waals surface area (Å²) in [6.07, 6.45) is 0.869. The van der Waals surface area contributed by atoms with Crippen molar-refractivity contribution in [2.45, 2.75) is 51.5 Å². The first-order valence-electron chi connectivity index (χ1n) is 21.8. The van der Waals surface area contributed by atoms with Crippen LogP contribution in [0.1, 0.15) is 50.2 Å². The SMILES string of the molecule is COP(C)(=O)OC.[B]C(=O)CN1C(=O)CCC1=O.[B]C(=O)CP(=O)(OC)OC.[B]C(=O)CP(C)(C)=O.[B]C(=O)C[C@@H](CO)c1ccccc1.[B]C(=O)N1C(=O)NC[C@@H]1Cc1ccccc1.[B]C(=O)O.[B]C(C)=O.[B]C(C)=O. The zero-order valence-corrected chi connectivity index (χ0v) is 47.1. The third kappa shape index (κ3) is 51.5. The van der Waals surface area contributed by atoms with Crippen LogP contribution in [0.4, 0.5) is 14.4 Å². The van der Waals surface area contributed by atoms with E-state index in [9.17, 15) is 61.6 Å².